The highest BCUT2D eigenvalue weighted by Gasteiger charge is 2.12. The van der Waals surface area contributed by atoms with Crippen LogP contribution in [0.25, 0.3) is 0 Å². The Labute approximate surface area is 98.4 Å². The summed E-state index contributed by atoms with van der Waals surface area (Å²) in [6.45, 7) is 8.83. The zero-order valence-corrected chi connectivity index (χ0v) is 10.8. The van der Waals surface area contributed by atoms with Crippen molar-refractivity contribution in [2.75, 3.05) is 19.3 Å². The van der Waals surface area contributed by atoms with E-state index in [1.165, 1.54) is 0 Å². The molecule has 0 fully saturated rings. The van der Waals surface area contributed by atoms with Crippen LogP contribution in [0.15, 0.2) is 12.3 Å². The summed E-state index contributed by atoms with van der Waals surface area (Å²) in [5.74, 6) is 1.30. The minimum absolute atomic E-state index is 0.601. The lowest BCUT2D eigenvalue weighted by atomic mass is 10.1. The third kappa shape index (κ3) is 3.85. The fourth-order valence-electron chi connectivity index (χ4n) is 1.70. The van der Waals surface area contributed by atoms with Crippen LogP contribution >= 0.6 is 0 Å². The number of anilines is 1. The van der Waals surface area contributed by atoms with Gasteiger partial charge in [-0.25, -0.2) is 0 Å². The summed E-state index contributed by atoms with van der Waals surface area (Å²) < 4.78 is 1.91. The second kappa shape index (κ2) is 5.89. The Bertz CT molecular complexity index is 306. The van der Waals surface area contributed by atoms with Gasteiger partial charge in [-0.05, 0) is 38.9 Å². The standard InChI is InChI=1S/C12H24N4/c1-10(2)11(3)15(4)7-5-8-16-9-6-12(13)14-16/h6,9-11H,5,7-8H2,1-4H3,(H2,13,14). The van der Waals surface area contributed by atoms with Crippen LogP contribution < -0.4 is 5.73 Å². The van der Waals surface area contributed by atoms with Gasteiger partial charge in [0.2, 0.25) is 0 Å². The minimum atomic E-state index is 0.601. The van der Waals surface area contributed by atoms with Gasteiger partial charge in [0.25, 0.3) is 0 Å². The first-order chi connectivity index (χ1) is 7.50. The minimum Gasteiger partial charge on any atom is -0.382 e. The predicted molar refractivity (Wildman–Crippen MR) is 68.2 cm³/mol. The van der Waals surface area contributed by atoms with Crippen molar-refractivity contribution in [3.63, 3.8) is 0 Å². The van der Waals surface area contributed by atoms with Gasteiger partial charge in [0.05, 0.1) is 0 Å². The van der Waals surface area contributed by atoms with Gasteiger partial charge in [-0.1, -0.05) is 13.8 Å². The van der Waals surface area contributed by atoms with Gasteiger partial charge in [-0.3, -0.25) is 4.68 Å². The molecule has 1 atom stereocenters. The normalized spacial score (nSPS) is 13.6. The quantitative estimate of drug-likeness (QED) is 0.802. The number of aromatic nitrogens is 2. The molecule has 4 heteroatoms. The molecule has 2 N–H and O–H groups in total. The van der Waals surface area contributed by atoms with Crippen molar-refractivity contribution in [1.82, 2.24) is 14.7 Å². The summed E-state index contributed by atoms with van der Waals surface area (Å²) in [5.41, 5.74) is 5.56. The van der Waals surface area contributed by atoms with Crippen molar-refractivity contribution in [2.24, 2.45) is 5.92 Å². The molecule has 4 nitrogen and oxygen atoms in total. The molecule has 0 saturated heterocycles. The van der Waals surface area contributed by atoms with Crippen LogP contribution in [0, 0.1) is 5.92 Å². The van der Waals surface area contributed by atoms with E-state index in [2.05, 4.69) is 37.8 Å². The first-order valence-corrected chi connectivity index (χ1v) is 6.00. The summed E-state index contributed by atoms with van der Waals surface area (Å²) in [5, 5.41) is 4.16. The third-order valence-corrected chi connectivity index (χ3v) is 3.22. The fraction of sp³-hybridized carbons (Fsp3) is 0.750. The second-order valence-corrected chi connectivity index (χ2v) is 4.82. The second-order valence-electron chi connectivity index (χ2n) is 4.82. The van der Waals surface area contributed by atoms with E-state index in [1.807, 2.05) is 16.9 Å². The average Bonchev–Trinajstić information content (AvgIpc) is 2.62. The highest BCUT2D eigenvalue weighted by molar-refractivity contribution is 5.23. The molecule has 0 saturated carbocycles. The Morgan fingerprint density at radius 2 is 2.12 bits per heavy atom. The van der Waals surface area contributed by atoms with Crippen LogP contribution in [-0.4, -0.2) is 34.3 Å². The van der Waals surface area contributed by atoms with Gasteiger partial charge >= 0.3 is 0 Å². The molecule has 0 amide bonds. The maximum atomic E-state index is 5.56. The van der Waals surface area contributed by atoms with E-state index in [4.69, 9.17) is 5.73 Å². The Morgan fingerprint density at radius 3 is 2.62 bits per heavy atom. The van der Waals surface area contributed by atoms with Gasteiger partial charge in [0, 0.05) is 18.8 Å². The Morgan fingerprint density at radius 1 is 1.44 bits per heavy atom. The van der Waals surface area contributed by atoms with Gasteiger partial charge in [0.1, 0.15) is 5.82 Å². The smallest absolute Gasteiger partial charge is 0.145 e. The maximum Gasteiger partial charge on any atom is 0.145 e. The van der Waals surface area contributed by atoms with Gasteiger partial charge in [0.15, 0.2) is 0 Å². The van der Waals surface area contributed by atoms with Crippen LogP contribution in [0.1, 0.15) is 27.2 Å². The topological polar surface area (TPSA) is 47.1 Å². The third-order valence-electron chi connectivity index (χ3n) is 3.22. The largest absolute Gasteiger partial charge is 0.382 e. The van der Waals surface area contributed by atoms with Crippen LogP contribution in [0.3, 0.4) is 0 Å². The Kier molecular flexibility index (Phi) is 4.80. The first kappa shape index (κ1) is 13.0. The van der Waals surface area contributed by atoms with Crippen molar-refractivity contribution in [1.29, 1.82) is 0 Å². The summed E-state index contributed by atoms with van der Waals surface area (Å²) >= 11 is 0. The molecular formula is C12H24N4. The highest BCUT2D eigenvalue weighted by atomic mass is 15.3. The molecule has 0 bridgehead atoms. The number of nitrogens with two attached hydrogens (primary N) is 1. The van der Waals surface area contributed by atoms with E-state index in [9.17, 15) is 0 Å². The van der Waals surface area contributed by atoms with Crippen molar-refractivity contribution >= 4 is 5.82 Å². The molecule has 0 aliphatic rings. The summed E-state index contributed by atoms with van der Waals surface area (Å²) in [6, 6.07) is 2.46. The Hall–Kier alpha value is -1.03. The lowest BCUT2D eigenvalue weighted by molar-refractivity contribution is 0.202. The fourth-order valence-corrected chi connectivity index (χ4v) is 1.70. The monoisotopic (exact) mass is 224 g/mol. The van der Waals surface area contributed by atoms with Gasteiger partial charge in [-0.15, -0.1) is 0 Å². The highest BCUT2D eigenvalue weighted by Crippen LogP contribution is 2.08. The van der Waals surface area contributed by atoms with E-state index >= 15 is 0 Å². The van der Waals surface area contributed by atoms with Crippen LogP contribution in [-0.2, 0) is 6.54 Å². The number of nitrogen functional groups attached to an aromatic ring is 1. The first-order valence-electron chi connectivity index (χ1n) is 6.00. The molecule has 1 unspecified atom stereocenters. The number of rotatable bonds is 6. The average molecular weight is 224 g/mol. The van der Waals surface area contributed by atoms with E-state index in [-0.39, 0.29) is 0 Å². The van der Waals surface area contributed by atoms with E-state index in [0.29, 0.717) is 17.8 Å². The molecule has 1 rings (SSSR count). The van der Waals surface area contributed by atoms with Crippen molar-refractivity contribution in [3.8, 4) is 0 Å². The zero-order chi connectivity index (χ0) is 12.1. The molecule has 92 valence electrons. The SMILES string of the molecule is CC(C)C(C)N(C)CCCn1ccc(N)n1. The Balaban J connectivity index is 2.25. The lowest BCUT2D eigenvalue weighted by Gasteiger charge is -2.27. The maximum absolute atomic E-state index is 5.56. The van der Waals surface area contributed by atoms with E-state index in [0.717, 1.165) is 19.5 Å². The van der Waals surface area contributed by atoms with Crippen molar-refractivity contribution < 1.29 is 0 Å². The predicted octanol–water partition coefficient (Wildman–Crippen LogP) is 1.83. The molecule has 0 aliphatic carbocycles. The molecular weight excluding hydrogens is 200 g/mol. The van der Waals surface area contributed by atoms with Crippen LogP contribution in [0.2, 0.25) is 0 Å². The van der Waals surface area contributed by atoms with Crippen molar-refractivity contribution in [2.45, 2.75) is 39.8 Å². The molecule has 0 aromatic carbocycles. The number of hydrogen-bond donors (Lipinski definition) is 1. The molecule has 1 aromatic rings. The molecule has 1 aromatic heterocycles. The summed E-state index contributed by atoms with van der Waals surface area (Å²) in [7, 11) is 2.18. The van der Waals surface area contributed by atoms with Gasteiger partial charge in [-0.2, -0.15) is 5.10 Å². The molecule has 0 aliphatic heterocycles. The number of aryl methyl sites for hydroxylation is 1. The van der Waals surface area contributed by atoms with E-state index < -0.39 is 0 Å². The molecule has 1 heterocycles. The van der Waals surface area contributed by atoms with E-state index in [1.54, 1.807) is 0 Å². The molecule has 16 heavy (non-hydrogen) atoms. The van der Waals surface area contributed by atoms with Crippen molar-refractivity contribution in [3.05, 3.63) is 12.3 Å². The van der Waals surface area contributed by atoms with Crippen LogP contribution in [0.4, 0.5) is 5.82 Å². The van der Waals surface area contributed by atoms with Crippen LogP contribution in [0.5, 0.6) is 0 Å². The summed E-state index contributed by atoms with van der Waals surface area (Å²) in [6.07, 6.45) is 3.04. The molecule has 0 radical (unpaired) electrons. The number of nitrogens with zero attached hydrogens (tertiary/aromatic N) is 3. The summed E-state index contributed by atoms with van der Waals surface area (Å²) in [4.78, 5) is 2.40. The number of hydrogen-bond acceptors (Lipinski definition) is 3. The zero-order valence-electron chi connectivity index (χ0n) is 10.8. The lowest BCUT2D eigenvalue weighted by Crippen LogP contribution is -2.34. The molecule has 0 spiro atoms. The van der Waals surface area contributed by atoms with Gasteiger partial charge < -0.3 is 10.6 Å².